The van der Waals surface area contributed by atoms with E-state index in [1.54, 1.807) is 16.4 Å². The van der Waals surface area contributed by atoms with Crippen LogP contribution in [0.25, 0.3) is 0 Å². The van der Waals surface area contributed by atoms with Gasteiger partial charge in [0.2, 0.25) is 10.0 Å². The number of hydrogen-bond donors (Lipinski definition) is 0. The van der Waals surface area contributed by atoms with Crippen LogP contribution >= 0.6 is 0 Å². The highest BCUT2D eigenvalue weighted by molar-refractivity contribution is 7.89. The molecule has 2 fully saturated rings. The average molecular weight is 324 g/mol. The van der Waals surface area contributed by atoms with Crippen LogP contribution in [0.2, 0.25) is 0 Å². The summed E-state index contributed by atoms with van der Waals surface area (Å²) < 4.78 is 33.3. The molecule has 0 N–H and O–H groups in total. The van der Waals surface area contributed by atoms with Crippen LogP contribution in [0.1, 0.15) is 18.4 Å². The lowest BCUT2D eigenvalue weighted by molar-refractivity contribution is 0.165. The van der Waals surface area contributed by atoms with Gasteiger partial charge in [-0.25, -0.2) is 8.42 Å². The maximum Gasteiger partial charge on any atom is 0.247 e. The van der Waals surface area contributed by atoms with Gasteiger partial charge in [-0.3, -0.25) is 0 Å². The molecular formula is C16H24N2O3S. The first kappa shape index (κ1) is 15.8. The summed E-state index contributed by atoms with van der Waals surface area (Å²) in [5.41, 5.74) is 0.927. The fraction of sp³-hybridized carbons (Fsp3) is 0.625. The maximum absolute atomic E-state index is 13.2. The molecule has 0 spiro atoms. The summed E-state index contributed by atoms with van der Waals surface area (Å²) in [6.07, 6.45) is 2.05. The average Bonchev–Trinajstić information content (AvgIpc) is 2.90. The van der Waals surface area contributed by atoms with Gasteiger partial charge >= 0.3 is 0 Å². The third-order valence-corrected chi connectivity index (χ3v) is 6.87. The van der Waals surface area contributed by atoms with E-state index < -0.39 is 10.0 Å². The van der Waals surface area contributed by atoms with Gasteiger partial charge in [-0.15, -0.1) is 0 Å². The summed E-state index contributed by atoms with van der Waals surface area (Å²) in [6, 6.07) is 5.42. The van der Waals surface area contributed by atoms with Crippen LogP contribution in [0, 0.1) is 12.8 Å². The van der Waals surface area contributed by atoms with Crippen molar-refractivity contribution >= 4 is 10.0 Å². The van der Waals surface area contributed by atoms with Crippen molar-refractivity contribution in [2.75, 3.05) is 33.8 Å². The molecule has 2 aliphatic rings. The van der Waals surface area contributed by atoms with Gasteiger partial charge in [0.15, 0.2) is 0 Å². The second kappa shape index (κ2) is 5.83. The van der Waals surface area contributed by atoms with Crippen molar-refractivity contribution in [1.29, 1.82) is 0 Å². The number of nitrogens with zero attached hydrogens (tertiary/aromatic N) is 2. The molecule has 2 aliphatic heterocycles. The molecule has 1 aromatic rings. The number of methoxy groups -OCH3 is 1. The van der Waals surface area contributed by atoms with Crippen molar-refractivity contribution in [3.8, 4) is 5.75 Å². The number of aryl methyl sites for hydroxylation is 1. The van der Waals surface area contributed by atoms with E-state index in [1.807, 2.05) is 13.0 Å². The molecule has 0 saturated carbocycles. The highest BCUT2D eigenvalue weighted by Gasteiger charge is 2.44. The minimum Gasteiger partial charge on any atom is -0.495 e. The Morgan fingerprint density at radius 1 is 1.23 bits per heavy atom. The Morgan fingerprint density at radius 3 is 2.68 bits per heavy atom. The van der Waals surface area contributed by atoms with Crippen LogP contribution in [0.5, 0.6) is 5.75 Å². The van der Waals surface area contributed by atoms with Gasteiger partial charge in [0, 0.05) is 19.1 Å². The topological polar surface area (TPSA) is 49.9 Å². The number of fused-ring (bicyclic) bond motifs is 1. The van der Waals surface area contributed by atoms with E-state index in [-0.39, 0.29) is 6.04 Å². The molecule has 5 nitrogen and oxygen atoms in total. The lowest BCUT2D eigenvalue weighted by Crippen LogP contribution is -2.48. The van der Waals surface area contributed by atoms with Crippen molar-refractivity contribution in [1.82, 2.24) is 9.21 Å². The van der Waals surface area contributed by atoms with E-state index in [4.69, 9.17) is 4.74 Å². The van der Waals surface area contributed by atoms with E-state index in [0.29, 0.717) is 23.1 Å². The number of likely N-dealkylation sites (N-methyl/N-ethyl adjacent to an activating group) is 1. The second-order valence-corrected chi connectivity index (χ2v) is 8.30. The Bertz CT molecular complexity index is 659. The molecule has 0 amide bonds. The summed E-state index contributed by atoms with van der Waals surface area (Å²) in [7, 11) is 0.0647. The van der Waals surface area contributed by atoms with E-state index in [1.165, 1.54) is 7.11 Å². The number of sulfonamides is 1. The van der Waals surface area contributed by atoms with Gasteiger partial charge < -0.3 is 9.64 Å². The molecule has 0 radical (unpaired) electrons. The fourth-order valence-electron chi connectivity index (χ4n) is 3.67. The standard InChI is InChI=1S/C16H24N2O3S/c1-12-4-5-15(21-3)16(10-12)22(19,20)18-9-7-13-6-8-17(2)11-14(13)18/h4-5,10,13-14H,6-9,11H2,1-3H3. The molecule has 6 heteroatoms. The van der Waals surface area contributed by atoms with Gasteiger partial charge in [0.25, 0.3) is 0 Å². The molecule has 3 rings (SSSR count). The largest absolute Gasteiger partial charge is 0.495 e. The normalized spacial score (nSPS) is 26.9. The van der Waals surface area contributed by atoms with E-state index in [9.17, 15) is 8.42 Å². The first-order valence-electron chi connectivity index (χ1n) is 7.78. The molecule has 2 unspecified atom stereocenters. The third kappa shape index (κ3) is 2.64. The predicted octanol–water partition coefficient (Wildman–Crippen LogP) is 1.72. The van der Waals surface area contributed by atoms with Gasteiger partial charge in [-0.05, 0) is 57.0 Å². The van der Waals surface area contributed by atoms with Gasteiger partial charge in [0.05, 0.1) is 7.11 Å². The summed E-state index contributed by atoms with van der Waals surface area (Å²) in [4.78, 5) is 2.52. The molecule has 2 heterocycles. The van der Waals surface area contributed by atoms with Crippen LogP contribution in [-0.2, 0) is 10.0 Å². The Labute approximate surface area is 132 Å². The van der Waals surface area contributed by atoms with Crippen LogP contribution in [0.3, 0.4) is 0 Å². The Kier molecular flexibility index (Phi) is 4.18. The van der Waals surface area contributed by atoms with Gasteiger partial charge in [0.1, 0.15) is 10.6 Å². The van der Waals surface area contributed by atoms with Crippen molar-refractivity contribution in [3.05, 3.63) is 23.8 Å². The molecule has 122 valence electrons. The summed E-state index contributed by atoms with van der Waals surface area (Å²) in [5.74, 6) is 0.917. The smallest absolute Gasteiger partial charge is 0.247 e. The Balaban J connectivity index is 1.98. The summed E-state index contributed by atoms with van der Waals surface area (Å²) in [5, 5.41) is 0. The van der Waals surface area contributed by atoms with Gasteiger partial charge in [-0.1, -0.05) is 6.07 Å². The number of ether oxygens (including phenoxy) is 1. The van der Waals surface area contributed by atoms with Crippen LogP contribution in [0.4, 0.5) is 0 Å². The predicted molar refractivity (Wildman–Crippen MR) is 85.6 cm³/mol. The molecule has 0 aromatic heterocycles. The highest BCUT2D eigenvalue weighted by atomic mass is 32.2. The molecule has 2 saturated heterocycles. The first-order chi connectivity index (χ1) is 10.4. The van der Waals surface area contributed by atoms with Crippen molar-refractivity contribution < 1.29 is 13.2 Å². The zero-order valence-corrected chi connectivity index (χ0v) is 14.3. The van der Waals surface area contributed by atoms with Crippen LogP contribution in [0.15, 0.2) is 23.1 Å². The minimum absolute atomic E-state index is 0.0916. The van der Waals surface area contributed by atoms with Crippen LogP contribution in [-0.4, -0.2) is 57.5 Å². The molecule has 0 aliphatic carbocycles. The van der Waals surface area contributed by atoms with Gasteiger partial charge in [-0.2, -0.15) is 4.31 Å². The molecular weight excluding hydrogens is 300 g/mol. The lowest BCUT2D eigenvalue weighted by Gasteiger charge is -2.36. The zero-order chi connectivity index (χ0) is 15.9. The van der Waals surface area contributed by atoms with Crippen molar-refractivity contribution in [2.45, 2.75) is 30.7 Å². The van der Waals surface area contributed by atoms with E-state index in [2.05, 4.69) is 11.9 Å². The summed E-state index contributed by atoms with van der Waals surface area (Å²) >= 11 is 0. The van der Waals surface area contributed by atoms with E-state index in [0.717, 1.165) is 31.5 Å². The maximum atomic E-state index is 13.2. The molecule has 22 heavy (non-hydrogen) atoms. The SMILES string of the molecule is COc1ccc(C)cc1S(=O)(=O)N1CCC2CCN(C)CC21. The van der Waals surface area contributed by atoms with Crippen LogP contribution < -0.4 is 4.74 Å². The monoisotopic (exact) mass is 324 g/mol. The van der Waals surface area contributed by atoms with Crippen molar-refractivity contribution in [3.63, 3.8) is 0 Å². The number of likely N-dealkylation sites (tertiary alicyclic amines) is 1. The lowest BCUT2D eigenvalue weighted by atomic mass is 9.93. The Morgan fingerprint density at radius 2 is 1.95 bits per heavy atom. The second-order valence-electron chi connectivity index (χ2n) is 6.44. The minimum atomic E-state index is -3.52. The number of benzene rings is 1. The zero-order valence-electron chi connectivity index (χ0n) is 13.4. The van der Waals surface area contributed by atoms with Crippen molar-refractivity contribution in [2.24, 2.45) is 5.92 Å². The number of hydrogen-bond acceptors (Lipinski definition) is 4. The number of rotatable bonds is 3. The van der Waals surface area contributed by atoms with E-state index >= 15 is 0 Å². The number of piperidine rings is 1. The molecule has 1 aromatic carbocycles. The summed E-state index contributed by atoms with van der Waals surface area (Å²) in [6.45, 7) is 4.39. The Hall–Kier alpha value is -1.11. The molecule has 2 atom stereocenters. The molecule has 0 bridgehead atoms. The first-order valence-corrected chi connectivity index (χ1v) is 9.22. The fourth-order valence-corrected chi connectivity index (χ4v) is 5.60. The highest BCUT2D eigenvalue weighted by Crippen LogP contribution is 2.37. The third-order valence-electron chi connectivity index (χ3n) is 4.92. The quantitative estimate of drug-likeness (QED) is 0.849.